The fourth-order valence-corrected chi connectivity index (χ4v) is 4.08. The first-order valence-electron chi connectivity index (χ1n) is 11.4. The second-order valence-corrected chi connectivity index (χ2v) is 8.65. The van der Waals surface area contributed by atoms with E-state index in [9.17, 15) is 40.3 Å². The number of halogens is 7. The van der Waals surface area contributed by atoms with E-state index in [-0.39, 0.29) is 17.9 Å². The van der Waals surface area contributed by atoms with Gasteiger partial charge in [-0.25, -0.2) is 9.29 Å². The molecule has 3 aromatic rings. The molecule has 1 unspecified atom stereocenters. The lowest BCUT2D eigenvalue weighted by molar-refractivity contribution is -0.138. The van der Waals surface area contributed by atoms with E-state index < -0.39 is 53.6 Å². The lowest BCUT2D eigenvalue weighted by atomic mass is 9.93. The Morgan fingerprint density at radius 2 is 1.49 bits per heavy atom. The normalized spacial score (nSPS) is 15.7. The topological polar surface area (TPSA) is 65.9 Å². The molecule has 4 rings (SSSR count). The minimum atomic E-state index is -4.61. The number of alkyl halides is 6. The SMILES string of the molecule is CC(=O)N(C(=O)CN1CC(c2ccc(C(F)(F)F)cn2)C(c2ccc(F)cc2)=N1)c1ccc(C(F)(F)F)cc1. The van der Waals surface area contributed by atoms with E-state index in [1.54, 1.807) is 0 Å². The predicted molar refractivity (Wildman–Crippen MR) is 126 cm³/mol. The number of carbonyl (C=O) groups is 2. The summed E-state index contributed by atoms with van der Waals surface area (Å²) in [5.74, 6) is -2.78. The van der Waals surface area contributed by atoms with Crippen LogP contribution in [0.1, 0.15) is 35.2 Å². The molecule has 2 aromatic carbocycles. The first-order chi connectivity index (χ1) is 18.2. The average Bonchev–Trinajstić information content (AvgIpc) is 3.27. The molecule has 1 atom stereocenters. The highest BCUT2D eigenvalue weighted by Gasteiger charge is 2.35. The van der Waals surface area contributed by atoms with Gasteiger partial charge in [0.2, 0.25) is 5.91 Å². The van der Waals surface area contributed by atoms with Gasteiger partial charge < -0.3 is 0 Å². The van der Waals surface area contributed by atoms with Crippen molar-refractivity contribution >= 4 is 23.2 Å². The number of rotatable bonds is 5. The molecular formula is C26H19F7N4O2. The molecule has 0 bridgehead atoms. The summed E-state index contributed by atoms with van der Waals surface area (Å²) in [6, 6.07) is 10.7. The van der Waals surface area contributed by atoms with E-state index in [4.69, 9.17) is 0 Å². The van der Waals surface area contributed by atoms with E-state index in [0.29, 0.717) is 22.4 Å². The molecule has 0 fully saturated rings. The smallest absolute Gasteiger partial charge is 0.286 e. The molecular weight excluding hydrogens is 533 g/mol. The summed E-state index contributed by atoms with van der Waals surface area (Å²) in [4.78, 5) is 30.0. The Morgan fingerprint density at radius 3 is 2.00 bits per heavy atom. The highest BCUT2D eigenvalue weighted by Crippen LogP contribution is 2.33. The summed E-state index contributed by atoms with van der Waals surface area (Å²) in [5, 5.41) is 5.67. The maximum atomic E-state index is 13.5. The third-order valence-electron chi connectivity index (χ3n) is 5.92. The van der Waals surface area contributed by atoms with Crippen molar-refractivity contribution in [3.8, 4) is 0 Å². The zero-order chi connectivity index (χ0) is 28.5. The van der Waals surface area contributed by atoms with Crippen LogP contribution in [0, 0.1) is 5.82 Å². The summed E-state index contributed by atoms with van der Waals surface area (Å²) < 4.78 is 91.3. The number of imide groups is 1. The van der Waals surface area contributed by atoms with Crippen LogP contribution in [0.15, 0.2) is 72.0 Å². The average molecular weight is 552 g/mol. The van der Waals surface area contributed by atoms with Crippen molar-refractivity contribution < 1.29 is 40.3 Å². The molecule has 1 aromatic heterocycles. The number of hydrogen-bond donors (Lipinski definition) is 0. The van der Waals surface area contributed by atoms with Gasteiger partial charge in [-0.15, -0.1) is 0 Å². The first kappa shape index (κ1) is 27.7. The van der Waals surface area contributed by atoms with Crippen LogP contribution >= 0.6 is 0 Å². The molecule has 1 aliphatic heterocycles. The van der Waals surface area contributed by atoms with Crippen molar-refractivity contribution in [2.75, 3.05) is 18.0 Å². The number of amides is 2. The highest BCUT2D eigenvalue weighted by molar-refractivity contribution is 6.15. The number of benzene rings is 2. The van der Waals surface area contributed by atoms with Gasteiger partial charge in [0.15, 0.2) is 0 Å². The zero-order valence-electron chi connectivity index (χ0n) is 20.1. The van der Waals surface area contributed by atoms with Crippen LogP contribution in [0.5, 0.6) is 0 Å². The molecule has 0 saturated carbocycles. The molecule has 0 radical (unpaired) electrons. The molecule has 0 N–H and O–H groups in total. The summed E-state index contributed by atoms with van der Waals surface area (Å²) in [6.07, 6.45) is -8.53. The minimum Gasteiger partial charge on any atom is -0.286 e. The number of hydrazone groups is 1. The highest BCUT2D eigenvalue weighted by atomic mass is 19.4. The van der Waals surface area contributed by atoms with Gasteiger partial charge >= 0.3 is 12.4 Å². The number of aromatic nitrogens is 1. The number of anilines is 1. The molecule has 204 valence electrons. The molecule has 1 aliphatic rings. The number of nitrogens with zero attached hydrogens (tertiary/aromatic N) is 4. The molecule has 2 heterocycles. The quantitative estimate of drug-likeness (QED) is 0.385. The van der Waals surface area contributed by atoms with Gasteiger partial charge in [-0.05, 0) is 54.1 Å². The van der Waals surface area contributed by atoms with Crippen LogP contribution in [0.25, 0.3) is 0 Å². The van der Waals surface area contributed by atoms with Crippen molar-refractivity contribution in [2.24, 2.45) is 5.10 Å². The van der Waals surface area contributed by atoms with Crippen LogP contribution in [0.3, 0.4) is 0 Å². The van der Waals surface area contributed by atoms with Gasteiger partial charge in [0.25, 0.3) is 5.91 Å². The van der Waals surface area contributed by atoms with Crippen molar-refractivity contribution in [1.29, 1.82) is 0 Å². The number of carbonyl (C=O) groups excluding carboxylic acids is 2. The van der Waals surface area contributed by atoms with E-state index in [1.807, 2.05) is 0 Å². The van der Waals surface area contributed by atoms with Gasteiger partial charge in [-0.1, -0.05) is 12.1 Å². The second kappa shape index (κ2) is 10.5. The second-order valence-electron chi connectivity index (χ2n) is 8.65. The fraction of sp³-hybridized carbons (Fsp3) is 0.231. The number of pyridine rings is 1. The molecule has 2 amide bonds. The Kier molecular flexibility index (Phi) is 7.44. The Labute approximate surface area is 217 Å². The monoisotopic (exact) mass is 552 g/mol. The largest absolute Gasteiger partial charge is 0.417 e. The molecule has 6 nitrogen and oxygen atoms in total. The van der Waals surface area contributed by atoms with Gasteiger partial charge in [0.1, 0.15) is 12.4 Å². The summed E-state index contributed by atoms with van der Waals surface area (Å²) >= 11 is 0. The van der Waals surface area contributed by atoms with Gasteiger partial charge in [-0.3, -0.25) is 19.6 Å². The van der Waals surface area contributed by atoms with Crippen molar-refractivity contribution in [1.82, 2.24) is 9.99 Å². The third kappa shape index (κ3) is 6.24. The molecule has 0 spiro atoms. The maximum Gasteiger partial charge on any atom is 0.417 e. The first-order valence-corrected chi connectivity index (χ1v) is 11.4. The lowest BCUT2D eigenvalue weighted by Gasteiger charge is -2.23. The van der Waals surface area contributed by atoms with E-state index in [2.05, 4.69) is 10.1 Å². The Morgan fingerprint density at radius 1 is 0.897 bits per heavy atom. The Hall–Kier alpha value is -4.29. The zero-order valence-corrected chi connectivity index (χ0v) is 20.1. The maximum absolute atomic E-state index is 13.5. The summed E-state index contributed by atoms with van der Waals surface area (Å²) in [5.41, 5.74) is -1.04. The van der Waals surface area contributed by atoms with Crippen molar-refractivity contribution in [3.63, 3.8) is 0 Å². The predicted octanol–water partition coefficient (Wildman–Crippen LogP) is 5.64. The van der Waals surface area contributed by atoms with E-state index >= 15 is 0 Å². The van der Waals surface area contributed by atoms with Crippen LogP contribution < -0.4 is 4.90 Å². The van der Waals surface area contributed by atoms with Crippen molar-refractivity contribution in [2.45, 2.75) is 25.2 Å². The minimum absolute atomic E-state index is 0.0183. The lowest BCUT2D eigenvalue weighted by Crippen LogP contribution is -2.41. The number of hydrogen-bond acceptors (Lipinski definition) is 5. The van der Waals surface area contributed by atoms with Gasteiger partial charge in [0.05, 0.1) is 40.7 Å². The summed E-state index contributed by atoms with van der Waals surface area (Å²) in [7, 11) is 0. The van der Waals surface area contributed by atoms with E-state index in [0.717, 1.165) is 37.3 Å². The standard InChI is InChI=1S/C26H19F7N4O2/c1-15(38)37(20-9-4-17(5-10-20)25(28,29)30)23(39)14-36-13-21(22-11-6-18(12-34-22)26(31,32)33)24(35-36)16-2-7-19(27)8-3-16/h2-12,21H,13-14H2,1H3. The molecule has 0 aliphatic carbocycles. The third-order valence-corrected chi connectivity index (χ3v) is 5.92. The summed E-state index contributed by atoms with van der Waals surface area (Å²) in [6.45, 7) is 0.569. The van der Waals surface area contributed by atoms with Crippen LogP contribution in [0.4, 0.5) is 36.4 Å². The fourth-order valence-electron chi connectivity index (χ4n) is 4.08. The van der Waals surface area contributed by atoms with Gasteiger partial charge in [-0.2, -0.15) is 31.4 Å². The van der Waals surface area contributed by atoms with Crippen LogP contribution in [-0.4, -0.2) is 40.6 Å². The Bertz CT molecular complexity index is 1380. The molecule has 13 heteroatoms. The Balaban J connectivity index is 1.61. The van der Waals surface area contributed by atoms with Crippen molar-refractivity contribution in [3.05, 3.63) is 95.1 Å². The van der Waals surface area contributed by atoms with Crippen LogP contribution in [0.2, 0.25) is 0 Å². The molecule has 39 heavy (non-hydrogen) atoms. The van der Waals surface area contributed by atoms with E-state index in [1.165, 1.54) is 35.3 Å². The molecule has 0 saturated heterocycles. The van der Waals surface area contributed by atoms with Crippen LogP contribution in [-0.2, 0) is 21.9 Å². The van der Waals surface area contributed by atoms with Gasteiger partial charge in [0, 0.05) is 13.1 Å².